The predicted octanol–water partition coefficient (Wildman–Crippen LogP) is 1.67. The number of halogens is 1. The van der Waals surface area contributed by atoms with E-state index in [1.807, 2.05) is 12.1 Å². The van der Waals surface area contributed by atoms with Gasteiger partial charge in [-0.3, -0.25) is 4.79 Å². The van der Waals surface area contributed by atoms with Crippen LogP contribution in [0.4, 0.5) is 0 Å². The Bertz CT molecular complexity index is 681. The van der Waals surface area contributed by atoms with E-state index in [-0.39, 0.29) is 24.9 Å². The molecular formula is C16H25BrN2O5S. The van der Waals surface area contributed by atoms with Gasteiger partial charge in [0.1, 0.15) is 5.75 Å². The molecule has 0 saturated heterocycles. The molecule has 0 aromatic heterocycles. The number of sulfonamides is 1. The van der Waals surface area contributed by atoms with Crippen molar-refractivity contribution >= 4 is 31.9 Å². The molecule has 0 unspecified atom stereocenters. The van der Waals surface area contributed by atoms with E-state index in [0.717, 1.165) is 14.3 Å². The summed E-state index contributed by atoms with van der Waals surface area (Å²) < 4.78 is 31.0. The number of carbonyl (C=O) groups excluding carboxylic acids is 1. The van der Waals surface area contributed by atoms with Crippen molar-refractivity contribution in [3.05, 3.63) is 28.2 Å². The number of aliphatic hydroxyl groups is 1. The molecule has 0 radical (unpaired) electrons. The van der Waals surface area contributed by atoms with Gasteiger partial charge >= 0.3 is 0 Å². The zero-order valence-corrected chi connectivity index (χ0v) is 17.1. The van der Waals surface area contributed by atoms with Gasteiger partial charge in [0.2, 0.25) is 15.9 Å². The Morgan fingerprint density at radius 1 is 1.44 bits per heavy atom. The molecule has 0 bridgehead atoms. The van der Waals surface area contributed by atoms with Crippen LogP contribution < -0.4 is 10.1 Å². The van der Waals surface area contributed by atoms with E-state index in [1.165, 1.54) is 14.0 Å². The molecule has 25 heavy (non-hydrogen) atoms. The molecule has 1 rings (SSSR count). The molecule has 9 heteroatoms. The van der Waals surface area contributed by atoms with Gasteiger partial charge in [0.05, 0.1) is 24.9 Å². The summed E-state index contributed by atoms with van der Waals surface area (Å²) in [6.45, 7) is 3.49. The molecule has 7 nitrogen and oxygen atoms in total. The van der Waals surface area contributed by atoms with Crippen LogP contribution in [0.15, 0.2) is 22.7 Å². The molecule has 0 saturated carbocycles. The van der Waals surface area contributed by atoms with Gasteiger partial charge < -0.3 is 15.2 Å². The number of benzene rings is 1. The lowest BCUT2D eigenvalue weighted by Crippen LogP contribution is -2.39. The van der Waals surface area contributed by atoms with Crippen molar-refractivity contribution in [3.8, 4) is 5.75 Å². The fourth-order valence-electron chi connectivity index (χ4n) is 2.12. The SMILES string of the molecule is CCS(=O)(=O)N(C)CC(=O)N[C@@H](C)c1ccc(Br)cc1OCCCO. The molecule has 142 valence electrons. The molecule has 0 heterocycles. The lowest BCUT2D eigenvalue weighted by Gasteiger charge is -2.21. The first-order valence-electron chi connectivity index (χ1n) is 7.97. The molecule has 1 aromatic rings. The van der Waals surface area contributed by atoms with Gasteiger partial charge in [-0.25, -0.2) is 8.42 Å². The number of likely N-dealkylation sites (N-methyl/N-ethyl adjacent to an activating group) is 1. The van der Waals surface area contributed by atoms with E-state index in [2.05, 4.69) is 21.2 Å². The number of aliphatic hydroxyl groups excluding tert-OH is 1. The summed E-state index contributed by atoms with van der Waals surface area (Å²) in [7, 11) is -2.02. The number of hydrogen-bond donors (Lipinski definition) is 2. The van der Waals surface area contributed by atoms with Crippen molar-refractivity contribution in [2.24, 2.45) is 0 Å². The van der Waals surface area contributed by atoms with E-state index in [9.17, 15) is 13.2 Å². The van der Waals surface area contributed by atoms with Crippen LogP contribution in [0.1, 0.15) is 31.9 Å². The Morgan fingerprint density at radius 2 is 2.12 bits per heavy atom. The summed E-state index contributed by atoms with van der Waals surface area (Å²) in [6.07, 6.45) is 0.506. The average Bonchev–Trinajstić information content (AvgIpc) is 2.54. The Kier molecular flexibility index (Phi) is 8.84. The molecule has 0 fully saturated rings. The predicted molar refractivity (Wildman–Crippen MR) is 100.0 cm³/mol. The molecule has 1 aromatic carbocycles. The second kappa shape index (κ2) is 10.1. The van der Waals surface area contributed by atoms with Gasteiger partial charge in [-0.1, -0.05) is 22.0 Å². The number of amides is 1. The summed E-state index contributed by atoms with van der Waals surface area (Å²) >= 11 is 3.38. The van der Waals surface area contributed by atoms with Crippen LogP contribution in [-0.4, -0.2) is 56.3 Å². The monoisotopic (exact) mass is 436 g/mol. The van der Waals surface area contributed by atoms with E-state index < -0.39 is 15.9 Å². The van der Waals surface area contributed by atoms with E-state index in [4.69, 9.17) is 9.84 Å². The minimum Gasteiger partial charge on any atom is -0.493 e. The Balaban J connectivity index is 2.79. The van der Waals surface area contributed by atoms with Gasteiger partial charge in [0, 0.05) is 30.1 Å². The van der Waals surface area contributed by atoms with Crippen LogP contribution in [0.25, 0.3) is 0 Å². The standard InChI is InChI=1S/C16H25BrN2O5S/c1-4-25(22,23)19(3)11-16(21)18-12(2)14-7-6-13(17)10-15(14)24-9-5-8-20/h6-7,10,12,20H,4-5,8-9,11H2,1-3H3,(H,18,21)/t12-/m0/s1. The maximum Gasteiger partial charge on any atom is 0.235 e. The molecule has 0 aliphatic carbocycles. The van der Waals surface area contributed by atoms with Gasteiger partial charge in [-0.2, -0.15) is 4.31 Å². The minimum absolute atomic E-state index is 0.0356. The first-order chi connectivity index (χ1) is 11.7. The van der Waals surface area contributed by atoms with Gasteiger partial charge in [-0.05, 0) is 26.0 Å². The third kappa shape index (κ3) is 6.93. The number of ether oxygens (including phenoxy) is 1. The number of carbonyl (C=O) groups is 1. The maximum atomic E-state index is 12.1. The minimum atomic E-state index is -3.40. The Hall–Kier alpha value is -1.16. The zero-order valence-electron chi connectivity index (χ0n) is 14.7. The van der Waals surface area contributed by atoms with Crippen molar-refractivity contribution in [1.82, 2.24) is 9.62 Å². The third-order valence-electron chi connectivity index (χ3n) is 3.59. The number of nitrogens with one attached hydrogen (secondary N) is 1. The fraction of sp³-hybridized carbons (Fsp3) is 0.562. The summed E-state index contributed by atoms with van der Waals surface area (Å²) in [5.41, 5.74) is 0.774. The lowest BCUT2D eigenvalue weighted by molar-refractivity contribution is -0.121. The quantitative estimate of drug-likeness (QED) is 0.543. The number of nitrogens with zero attached hydrogens (tertiary/aromatic N) is 1. The van der Waals surface area contributed by atoms with Crippen LogP contribution in [-0.2, 0) is 14.8 Å². The Labute approximate surface area is 157 Å². The second-order valence-electron chi connectivity index (χ2n) is 5.55. The highest BCUT2D eigenvalue weighted by atomic mass is 79.9. The molecule has 0 spiro atoms. The second-order valence-corrected chi connectivity index (χ2v) is 8.83. The molecule has 1 atom stereocenters. The first-order valence-corrected chi connectivity index (χ1v) is 10.4. The van der Waals surface area contributed by atoms with Crippen molar-refractivity contribution in [2.75, 3.05) is 32.6 Å². The van der Waals surface area contributed by atoms with Crippen LogP contribution >= 0.6 is 15.9 Å². The highest BCUT2D eigenvalue weighted by Gasteiger charge is 2.20. The smallest absolute Gasteiger partial charge is 0.235 e. The van der Waals surface area contributed by atoms with Gasteiger partial charge in [-0.15, -0.1) is 0 Å². The lowest BCUT2D eigenvalue weighted by atomic mass is 10.1. The molecular weight excluding hydrogens is 412 g/mol. The van der Waals surface area contributed by atoms with Gasteiger partial charge in [0.25, 0.3) is 0 Å². The summed E-state index contributed by atoms with van der Waals surface area (Å²) in [5.74, 6) is 0.156. The molecule has 1 amide bonds. The first kappa shape index (κ1) is 21.9. The molecule has 2 N–H and O–H groups in total. The van der Waals surface area contributed by atoms with Crippen molar-refractivity contribution in [1.29, 1.82) is 0 Å². The maximum absolute atomic E-state index is 12.1. The Morgan fingerprint density at radius 3 is 2.72 bits per heavy atom. The largest absolute Gasteiger partial charge is 0.493 e. The van der Waals surface area contributed by atoms with Crippen LogP contribution in [0.3, 0.4) is 0 Å². The highest BCUT2D eigenvalue weighted by molar-refractivity contribution is 9.10. The topological polar surface area (TPSA) is 95.9 Å². The van der Waals surface area contributed by atoms with E-state index in [0.29, 0.717) is 18.8 Å². The van der Waals surface area contributed by atoms with Crippen molar-refractivity contribution in [2.45, 2.75) is 26.3 Å². The summed E-state index contributed by atoms with van der Waals surface area (Å²) in [5, 5.41) is 11.7. The summed E-state index contributed by atoms with van der Waals surface area (Å²) in [4.78, 5) is 12.1. The average molecular weight is 437 g/mol. The number of rotatable bonds is 10. The van der Waals surface area contributed by atoms with E-state index in [1.54, 1.807) is 13.0 Å². The fourth-order valence-corrected chi connectivity index (χ4v) is 3.22. The summed E-state index contributed by atoms with van der Waals surface area (Å²) in [6, 6.07) is 5.10. The van der Waals surface area contributed by atoms with Crippen LogP contribution in [0.2, 0.25) is 0 Å². The van der Waals surface area contributed by atoms with Crippen molar-refractivity contribution < 1.29 is 23.1 Å². The third-order valence-corrected chi connectivity index (χ3v) is 5.89. The normalized spacial score (nSPS) is 12.9. The van der Waals surface area contributed by atoms with Crippen molar-refractivity contribution in [3.63, 3.8) is 0 Å². The highest BCUT2D eigenvalue weighted by Crippen LogP contribution is 2.29. The zero-order chi connectivity index (χ0) is 19.0. The van der Waals surface area contributed by atoms with Gasteiger partial charge in [0.15, 0.2) is 0 Å². The molecule has 0 aliphatic rings. The van der Waals surface area contributed by atoms with Crippen LogP contribution in [0.5, 0.6) is 5.75 Å². The molecule has 0 aliphatic heterocycles. The van der Waals surface area contributed by atoms with E-state index >= 15 is 0 Å². The number of hydrogen-bond acceptors (Lipinski definition) is 5. The van der Waals surface area contributed by atoms with Crippen LogP contribution in [0, 0.1) is 0 Å².